The van der Waals surface area contributed by atoms with E-state index in [0.29, 0.717) is 19.1 Å². The molecule has 2 aromatic rings. The van der Waals surface area contributed by atoms with Crippen LogP contribution < -0.4 is 0 Å². The zero-order valence-corrected chi connectivity index (χ0v) is 26.9. The summed E-state index contributed by atoms with van der Waals surface area (Å²) in [5, 5.41) is 5.20. The number of amides is 1. The Morgan fingerprint density at radius 2 is 1.83 bits per heavy atom. The molecule has 0 N–H and O–H groups in total. The highest BCUT2D eigenvalue weighted by Gasteiger charge is 2.36. The molecule has 2 aliphatic rings. The minimum Gasteiger partial charge on any atom is -0.444 e. The fourth-order valence-corrected chi connectivity index (χ4v) is 6.17. The zero-order valence-electron chi connectivity index (χ0n) is 26.9. The highest BCUT2D eigenvalue weighted by molar-refractivity contribution is 5.67. The third-order valence-electron chi connectivity index (χ3n) is 8.96. The van der Waals surface area contributed by atoms with E-state index in [1.54, 1.807) is 11.9 Å². The number of ether oxygens (including phenoxy) is 3. The van der Waals surface area contributed by atoms with Crippen molar-refractivity contribution in [2.75, 3.05) is 40.4 Å². The lowest BCUT2D eigenvalue weighted by atomic mass is 9.68. The van der Waals surface area contributed by atoms with E-state index in [9.17, 15) is 4.79 Å². The van der Waals surface area contributed by atoms with Crippen molar-refractivity contribution in [3.63, 3.8) is 0 Å². The maximum absolute atomic E-state index is 12.4. The summed E-state index contributed by atoms with van der Waals surface area (Å²) in [7, 11) is 3.92. The van der Waals surface area contributed by atoms with Gasteiger partial charge in [0.2, 0.25) is 0 Å². The summed E-state index contributed by atoms with van der Waals surface area (Å²) in [6, 6.07) is 10.5. The Kier molecular flexibility index (Phi) is 11.5. The maximum Gasteiger partial charge on any atom is 0.410 e. The molecule has 1 amide bonds. The minimum absolute atomic E-state index is 0.0274. The number of benzene rings is 1. The number of hydrogen-bond donors (Lipinski definition) is 0. The van der Waals surface area contributed by atoms with Crippen molar-refractivity contribution in [2.45, 2.75) is 110 Å². The average Bonchev–Trinajstić information content (AvgIpc) is 3.40. The molecule has 2 heterocycles. The van der Waals surface area contributed by atoms with Crippen molar-refractivity contribution in [2.24, 2.45) is 5.41 Å². The third kappa shape index (κ3) is 9.29. The van der Waals surface area contributed by atoms with Crippen LogP contribution in [0.25, 0.3) is 0 Å². The second kappa shape index (κ2) is 14.8. The number of likely N-dealkylation sites (N-methyl/N-ethyl adjacent to an activating group) is 2. The second-order valence-electron chi connectivity index (χ2n) is 13.6. The Balaban J connectivity index is 1.38. The fraction of sp³-hybridized carbons (Fsp3) is 0.706. The molecule has 0 radical (unpaired) electrons. The van der Waals surface area contributed by atoms with E-state index < -0.39 is 5.60 Å². The van der Waals surface area contributed by atoms with Gasteiger partial charge in [-0.15, -0.1) is 0 Å². The van der Waals surface area contributed by atoms with Crippen LogP contribution in [0.3, 0.4) is 0 Å². The van der Waals surface area contributed by atoms with E-state index in [1.807, 2.05) is 20.8 Å². The Bertz CT molecular complexity index is 1100. The van der Waals surface area contributed by atoms with Gasteiger partial charge in [-0.05, 0) is 90.2 Å². The molecule has 1 unspecified atom stereocenters. The first-order chi connectivity index (χ1) is 20.1. The predicted octanol–water partition coefficient (Wildman–Crippen LogP) is 7.15. The van der Waals surface area contributed by atoms with Crippen LogP contribution in [-0.4, -0.2) is 71.7 Å². The lowest BCUT2D eigenvalue weighted by molar-refractivity contribution is -0.0399. The summed E-state index contributed by atoms with van der Waals surface area (Å²) in [4.78, 5) is 16.4. The van der Waals surface area contributed by atoms with Gasteiger partial charge in [-0.1, -0.05) is 37.3 Å². The molecule has 1 aromatic carbocycles. The number of hydrogen-bond acceptors (Lipinski definition) is 6. The standard InChI is InChI=1S/C34H54N4O4/c1-7-34(26-40-25-27-13-9-8-10-14-27)18-16-28(17-19-34)31-29(24-38(35-31)30-15-11-12-22-41-30)23-36(5)20-21-37(6)32(39)42-33(2,3)4/h8-10,13-14,24,28,30H,7,11-12,15-23,25-26H2,1-6H3. The highest BCUT2D eigenvalue weighted by Crippen LogP contribution is 2.46. The number of rotatable bonds is 12. The Morgan fingerprint density at radius 3 is 2.48 bits per heavy atom. The van der Waals surface area contributed by atoms with Gasteiger partial charge in [-0.25, -0.2) is 9.48 Å². The number of carbonyl (C=O) groups is 1. The van der Waals surface area contributed by atoms with Crippen LogP contribution in [0.1, 0.15) is 108 Å². The second-order valence-corrected chi connectivity index (χ2v) is 13.6. The third-order valence-corrected chi connectivity index (χ3v) is 8.96. The molecule has 1 aliphatic carbocycles. The lowest BCUT2D eigenvalue weighted by Gasteiger charge is -2.39. The van der Waals surface area contributed by atoms with Crippen molar-refractivity contribution in [3.05, 3.63) is 53.3 Å². The minimum atomic E-state index is -0.495. The summed E-state index contributed by atoms with van der Waals surface area (Å²) in [5.41, 5.74) is 3.49. The van der Waals surface area contributed by atoms with E-state index in [1.165, 1.54) is 23.2 Å². The molecule has 8 nitrogen and oxygen atoms in total. The van der Waals surface area contributed by atoms with Crippen LogP contribution in [0.2, 0.25) is 0 Å². The van der Waals surface area contributed by atoms with Crippen LogP contribution in [0, 0.1) is 5.41 Å². The molecule has 1 aliphatic heterocycles. The van der Waals surface area contributed by atoms with Crippen LogP contribution in [0.15, 0.2) is 36.5 Å². The Morgan fingerprint density at radius 1 is 1.10 bits per heavy atom. The molecule has 0 spiro atoms. The van der Waals surface area contributed by atoms with Gasteiger partial charge in [0.25, 0.3) is 0 Å². The Labute approximate surface area is 253 Å². The number of aromatic nitrogens is 2. The molecular formula is C34H54N4O4. The molecule has 1 saturated carbocycles. The van der Waals surface area contributed by atoms with Gasteiger partial charge in [0.05, 0.1) is 18.9 Å². The number of nitrogens with zero attached hydrogens (tertiary/aromatic N) is 4. The SMILES string of the molecule is CCC1(COCc2ccccc2)CCC(c2nn(C3CCCCO3)cc2CN(C)CCN(C)C(=O)OC(C)(C)C)CC1. The van der Waals surface area contributed by atoms with Crippen molar-refractivity contribution in [1.82, 2.24) is 19.6 Å². The van der Waals surface area contributed by atoms with Crippen molar-refractivity contribution >= 4 is 6.09 Å². The van der Waals surface area contributed by atoms with Crippen LogP contribution in [0.4, 0.5) is 4.79 Å². The molecular weight excluding hydrogens is 528 g/mol. The molecule has 1 saturated heterocycles. The van der Waals surface area contributed by atoms with Gasteiger partial charge in [-0.2, -0.15) is 5.10 Å². The number of carbonyl (C=O) groups excluding carboxylic acids is 1. The normalized spacial score (nSPS) is 23.2. The molecule has 42 heavy (non-hydrogen) atoms. The zero-order chi connectivity index (χ0) is 30.2. The quantitative estimate of drug-likeness (QED) is 0.265. The fourth-order valence-electron chi connectivity index (χ4n) is 6.17. The molecule has 1 atom stereocenters. The van der Waals surface area contributed by atoms with Gasteiger partial charge < -0.3 is 24.0 Å². The summed E-state index contributed by atoms with van der Waals surface area (Å²) < 4.78 is 20.0. The summed E-state index contributed by atoms with van der Waals surface area (Å²) in [6.07, 6.45) is 11.0. The van der Waals surface area contributed by atoms with Crippen molar-refractivity contribution in [3.8, 4) is 0 Å². The highest BCUT2D eigenvalue weighted by atomic mass is 16.6. The van der Waals surface area contributed by atoms with Gasteiger partial charge in [-0.3, -0.25) is 0 Å². The van der Waals surface area contributed by atoms with Gasteiger partial charge in [0.15, 0.2) is 0 Å². The van der Waals surface area contributed by atoms with E-state index in [-0.39, 0.29) is 17.7 Å². The topological polar surface area (TPSA) is 69.1 Å². The van der Waals surface area contributed by atoms with E-state index >= 15 is 0 Å². The van der Waals surface area contributed by atoms with Gasteiger partial charge in [0, 0.05) is 51.0 Å². The molecule has 234 valence electrons. The first-order valence-corrected chi connectivity index (χ1v) is 16.0. The van der Waals surface area contributed by atoms with Crippen LogP contribution in [0.5, 0.6) is 0 Å². The molecule has 4 rings (SSSR count). The first-order valence-electron chi connectivity index (χ1n) is 16.0. The lowest BCUT2D eigenvalue weighted by Crippen LogP contribution is -2.38. The monoisotopic (exact) mass is 582 g/mol. The van der Waals surface area contributed by atoms with Crippen molar-refractivity contribution < 1.29 is 19.0 Å². The summed E-state index contributed by atoms with van der Waals surface area (Å²) in [5.74, 6) is 0.441. The average molecular weight is 583 g/mol. The molecule has 0 bridgehead atoms. The largest absolute Gasteiger partial charge is 0.444 e. The van der Waals surface area contributed by atoms with E-state index in [4.69, 9.17) is 19.3 Å². The molecule has 1 aromatic heterocycles. The van der Waals surface area contributed by atoms with Crippen LogP contribution >= 0.6 is 0 Å². The van der Waals surface area contributed by atoms with E-state index in [0.717, 1.165) is 71.2 Å². The van der Waals surface area contributed by atoms with E-state index in [2.05, 4.69) is 60.1 Å². The van der Waals surface area contributed by atoms with Crippen molar-refractivity contribution in [1.29, 1.82) is 0 Å². The molecule has 2 fully saturated rings. The summed E-state index contributed by atoms with van der Waals surface area (Å²) >= 11 is 0. The van der Waals surface area contributed by atoms with Crippen LogP contribution in [-0.2, 0) is 27.4 Å². The van der Waals surface area contributed by atoms with Gasteiger partial charge >= 0.3 is 6.09 Å². The van der Waals surface area contributed by atoms with Gasteiger partial charge in [0.1, 0.15) is 11.8 Å². The summed E-state index contributed by atoms with van der Waals surface area (Å²) in [6.45, 7) is 12.4. The smallest absolute Gasteiger partial charge is 0.410 e. The Hall–Kier alpha value is -2.42. The first kappa shape index (κ1) is 32.5. The predicted molar refractivity (Wildman–Crippen MR) is 166 cm³/mol. The molecule has 8 heteroatoms. The maximum atomic E-state index is 12.4.